The van der Waals surface area contributed by atoms with Gasteiger partial charge in [0.15, 0.2) is 5.43 Å². The lowest BCUT2D eigenvalue weighted by Crippen LogP contribution is -2.12. The smallest absolute Gasteiger partial charge is 0.199 e. The molecule has 0 N–H and O–H groups in total. The molecule has 90 valence electrons. The Kier molecular flexibility index (Phi) is 3.03. The van der Waals surface area contributed by atoms with E-state index >= 15 is 0 Å². The first-order valence-corrected chi connectivity index (χ1v) is 5.74. The van der Waals surface area contributed by atoms with Crippen molar-refractivity contribution in [1.29, 1.82) is 5.26 Å². The Bertz CT molecular complexity index is 705. The number of nitriles is 1. The summed E-state index contributed by atoms with van der Waals surface area (Å²) in [4.78, 5) is 11.6. The van der Waals surface area contributed by atoms with Crippen LogP contribution in [-0.2, 0) is 0 Å². The molecular formula is C15H14N2O. The lowest BCUT2D eigenvalue weighted by molar-refractivity contribution is 0.954. The zero-order valence-corrected chi connectivity index (χ0v) is 10.7. The van der Waals surface area contributed by atoms with Gasteiger partial charge >= 0.3 is 0 Å². The highest BCUT2D eigenvalue weighted by molar-refractivity contribution is 5.47. The summed E-state index contributed by atoms with van der Waals surface area (Å²) in [6.07, 6.45) is 1.61. The fraction of sp³-hybridized carbons (Fsp3) is 0.200. The Balaban J connectivity index is 2.76. The van der Waals surface area contributed by atoms with Crippen molar-refractivity contribution < 1.29 is 0 Å². The summed E-state index contributed by atoms with van der Waals surface area (Å²) in [5.74, 6) is 0. The Morgan fingerprint density at radius 1 is 1.22 bits per heavy atom. The maximum atomic E-state index is 11.6. The molecule has 0 aliphatic heterocycles. The molecule has 0 saturated carbocycles. The molecule has 0 radical (unpaired) electrons. The van der Waals surface area contributed by atoms with E-state index in [1.54, 1.807) is 6.20 Å². The van der Waals surface area contributed by atoms with Crippen molar-refractivity contribution in [3.8, 4) is 11.8 Å². The van der Waals surface area contributed by atoms with Crippen LogP contribution in [0, 0.1) is 32.1 Å². The lowest BCUT2D eigenvalue weighted by atomic mass is 10.1. The van der Waals surface area contributed by atoms with Gasteiger partial charge < -0.3 is 4.57 Å². The van der Waals surface area contributed by atoms with E-state index in [9.17, 15) is 4.79 Å². The van der Waals surface area contributed by atoms with Gasteiger partial charge in [0.05, 0.1) is 0 Å². The fourth-order valence-electron chi connectivity index (χ4n) is 1.97. The number of rotatable bonds is 1. The highest BCUT2D eigenvalue weighted by Crippen LogP contribution is 2.18. The van der Waals surface area contributed by atoms with Crippen LogP contribution in [0.3, 0.4) is 0 Å². The number of aryl methyl sites for hydroxylation is 2. The average molecular weight is 238 g/mol. The molecule has 2 aromatic rings. The van der Waals surface area contributed by atoms with Gasteiger partial charge in [-0.2, -0.15) is 5.26 Å². The number of nitrogens with zero attached hydrogens (tertiary/aromatic N) is 2. The van der Waals surface area contributed by atoms with Crippen molar-refractivity contribution >= 4 is 0 Å². The summed E-state index contributed by atoms with van der Waals surface area (Å²) in [5.41, 5.74) is 4.10. The van der Waals surface area contributed by atoms with Crippen LogP contribution < -0.4 is 5.43 Å². The van der Waals surface area contributed by atoms with E-state index in [1.165, 1.54) is 11.6 Å². The van der Waals surface area contributed by atoms with Gasteiger partial charge in [0.1, 0.15) is 11.6 Å². The molecule has 3 heteroatoms. The van der Waals surface area contributed by atoms with E-state index < -0.39 is 0 Å². The van der Waals surface area contributed by atoms with Gasteiger partial charge in [-0.15, -0.1) is 0 Å². The van der Waals surface area contributed by atoms with Crippen molar-refractivity contribution in [1.82, 2.24) is 4.57 Å². The molecule has 3 nitrogen and oxygen atoms in total. The van der Waals surface area contributed by atoms with Crippen LogP contribution in [-0.4, -0.2) is 4.57 Å². The number of aromatic nitrogens is 1. The van der Waals surface area contributed by atoms with Gasteiger partial charge in [-0.1, -0.05) is 12.1 Å². The zero-order valence-electron chi connectivity index (χ0n) is 10.7. The Morgan fingerprint density at radius 3 is 2.61 bits per heavy atom. The molecule has 0 saturated heterocycles. The Hall–Kier alpha value is -2.34. The standard InChI is InChI=1S/C15H14N2O/c1-10-5-4-6-14(12(10)3)17-9-13(8-16)15(18)7-11(17)2/h4-7,9H,1-3H3. The molecule has 0 aliphatic carbocycles. The molecule has 0 fully saturated rings. The van der Waals surface area contributed by atoms with E-state index in [0.29, 0.717) is 0 Å². The molecule has 0 atom stereocenters. The molecule has 0 bridgehead atoms. The van der Waals surface area contributed by atoms with Crippen molar-refractivity contribution in [2.75, 3.05) is 0 Å². The topological polar surface area (TPSA) is 45.8 Å². The first-order chi connectivity index (χ1) is 8.54. The van der Waals surface area contributed by atoms with E-state index in [2.05, 4.69) is 0 Å². The second-order valence-electron chi connectivity index (χ2n) is 4.39. The van der Waals surface area contributed by atoms with E-state index in [4.69, 9.17) is 5.26 Å². The number of benzene rings is 1. The van der Waals surface area contributed by atoms with Gasteiger partial charge in [-0.25, -0.2) is 0 Å². The van der Waals surface area contributed by atoms with Crippen molar-refractivity contribution in [2.45, 2.75) is 20.8 Å². The maximum absolute atomic E-state index is 11.6. The molecule has 18 heavy (non-hydrogen) atoms. The minimum absolute atomic E-state index is 0.168. The monoisotopic (exact) mass is 238 g/mol. The lowest BCUT2D eigenvalue weighted by Gasteiger charge is -2.15. The second-order valence-corrected chi connectivity index (χ2v) is 4.39. The molecule has 0 aliphatic rings. The van der Waals surface area contributed by atoms with Crippen LogP contribution in [0.1, 0.15) is 22.4 Å². The molecule has 1 aromatic heterocycles. The van der Waals surface area contributed by atoms with Crippen LogP contribution in [0.25, 0.3) is 5.69 Å². The Morgan fingerprint density at radius 2 is 1.94 bits per heavy atom. The van der Waals surface area contributed by atoms with E-state index in [1.807, 2.05) is 49.6 Å². The van der Waals surface area contributed by atoms with Crippen LogP contribution in [0.2, 0.25) is 0 Å². The van der Waals surface area contributed by atoms with Gasteiger partial charge in [-0.3, -0.25) is 4.79 Å². The number of hydrogen-bond acceptors (Lipinski definition) is 2. The minimum atomic E-state index is -0.225. The van der Waals surface area contributed by atoms with Crippen molar-refractivity contribution in [2.24, 2.45) is 0 Å². The summed E-state index contributed by atoms with van der Waals surface area (Å²) >= 11 is 0. The number of hydrogen-bond donors (Lipinski definition) is 0. The summed E-state index contributed by atoms with van der Waals surface area (Å²) < 4.78 is 1.89. The van der Waals surface area contributed by atoms with Crippen LogP contribution >= 0.6 is 0 Å². The largest absolute Gasteiger partial charge is 0.319 e. The third-order valence-corrected chi connectivity index (χ3v) is 3.20. The van der Waals surface area contributed by atoms with Gasteiger partial charge in [0, 0.05) is 23.6 Å². The third-order valence-electron chi connectivity index (χ3n) is 3.20. The summed E-state index contributed by atoms with van der Waals surface area (Å²) in [7, 11) is 0. The molecule has 0 amide bonds. The van der Waals surface area contributed by atoms with E-state index in [-0.39, 0.29) is 11.0 Å². The molecule has 1 aromatic carbocycles. The SMILES string of the molecule is Cc1cccc(-n2cc(C#N)c(=O)cc2C)c1C. The average Bonchev–Trinajstić information content (AvgIpc) is 2.34. The Labute approximate surface area is 106 Å². The second kappa shape index (κ2) is 4.50. The highest BCUT2D eigenvalue weighted by atomic mass is 16.1. The highest BCUT2D eigenvalue weighted by Gasteiger charge is 2.07. The summed E-state index contributed by atoms with van der Waals surface area (Å²) in [6, 6.07) is 9.44. The first kappa shape index (κ1) is 12.1. The fourth-order valence-corrected chi connectivity index (χ4v) is 1.97. The molecule has 2 rings (SSSR count). The van der Waals surface area contributed by atoms with Crippen LogP contribution in [0.15, 0.2) is 35.3 Å². The number of pyridine rings is 1. The molecule has 0 spiro atoms. The molecular weight excluding hydrogens is 224 g/mol. The van der Waals surface area contributed by atoms with Crippen molar-refractivity contribution in [3.63, 3.8) is 0 Å². The van der Waals surface area contributed by atoms with Gasteiger partial charge in [0.25, 0.3) is 0 Å². The van der Waals surface area contributed by atoms with Gasteiger partial charge in [0.2, 0.25) is 0 Å². The van der Waals surface area contributed by atoms with Crippen LogP contribution in [0.4, 0.5) is 0 Å². The molecule has 0 unspecified atom stereocenters. The zero-order chi connectivity index (χ0) is 13.3. The van der Waals surface area contributed by atoms with Crippen LogP contribution in [0.5, 0.6) is 0 Å². The maximum Gasteiger partial charge on any atom is 0.199 e. The summed E-state index contributed by atoms with van der Waals surface area (Å²) in [5, 5.41) is 8.94. The van der Waals surface area contributed by atoms with Crippen molar-refractivity contribution in [3.05, 3.63) is 63.1 Å². The predicted octanol–water partition coefficient (Wildman–Crippen LogP) is 2.63. The third kappa shape index (κ3) is 1.93. The van der Waals surface area contributed by atoms with E-state index in [0.717, 1.165) is 16.9 Å². The predicted molar refractivity (Wildman–Crippen MR) is 71.0 cm³/mol. The quantitative estimate of drug-likeness (QED) is 0.766. The normalized spacial score (nSPS) is 10.1. The van der Waals surface area contributed by atoms with Gasteiger partial charge in [-0.05, 0) is 38.0 Å². The minimum Gasteiger partial charge on any atom is -0.319 e. The molecule has 1 heterocycles. The summed E-state index contributed by atoms with van der Waals surface area (Å²) in [6.45, 7) is 5.94. The first-order valence-electron chi connectivity index (χ1n) is 5.74.